The third-order valence-electron chi connectivity index (χ3n) is 4.11. The Bertz CT molecular complexity index is 874. The summed E-state index contributed by atoms with van der Waals surface area (Å²) >= 11 is 3.46. The van der Waals surface area contributed by atoms with Crippen molar-refractivity contribution in [2.24, 2.45) is 0 Å². The highest BCUT2D eigenvalue weighted by molar-refractivity contribution is 9.10. The van der Waals surface area contributed by atoms with E-state index < -0.39 is 0 Å². The van der Waals surface area contributed by atoms with Gasteiger partial charge in [0.1, 0.15) is 0 Å². The van der Waals surface area contributed by atoms with Gasteiger partial charge in [0, 0.05) is 34.1 Å². The maximum absolute atomic E-state index is 12.1. The molecule has 108 valence electrons. The van der Waals surface area contributed by atoms with Gasteiger partial charge in [0.05, 0.1) is 5.52 Å². The van der Waals surface area contributed by atoms with Crippen molar-refractivity contribution >= 4 is 38.4 Å². The molecule has 1 aromatic heterocycles. The average molecular weight is 353 g/mol. The zero-order valence-corrected chi connectivity index (χ0v) is 13.3. The lowest BCUT2D eigenvalue weighted by Gasteiger charge is -2.27. The van der Waals surface area contributed by atoms with Crippen LogP contribution in [-0.2, 0) is 4.79 Å². The summed E-state index contributed by atoms with van der Waals surface area (Å²) in [4.78, 5) is 16.5. The number of aromatic nitrogens is 1. The van der Waals surface area contributed by atoms with E-state index in [4.69, 9.17) is 0 Å². The third kappa shape index (κ3) is 2.20. The zero-order valence-electron chi connectivity index (χ0n) is 11.7. The van der Waals surface area contributed by atoms with Crippen LogP contribution in [0, 0.1) is 0 Å². The Morgan fingerprint density at radius 2 is 1.91 bits per heavy atom. The number of fused-ring (bicyclic) bond motifs is 3. The van der Waals surface area contributed by atoms with Crippen LogP contribution in [0.5, 0.6) is 0 Å². The van der Waals surface area contributed by atoms with Crippen molar-refractivity contribution in [3.8, 4) is 0 Å². The Morgan fingerprint density at radius 1 is 1.09 bits per heavy atom. The minimum atomic E-state index is 0.0589. The maximum Gasteiger partial charge on any atom is 0.225 e. The fourth-order valence-electron chi connectivity index (χ4n) is 3.13. The minimum Gasteiger partial charge on any atom is -0.326 e. The Balaban J connectivity index is 1.97. The molecule has 2 aromatic carbocycles. The molecule has 4 heteroatoms. The first-order valence-electron chi connectivity index (χ1n) is 7.15. The molecule has 2 heterocycles. The fraction of sp³-hybridized carbons (Fsp3) is 0.111. The first-order valence-corrected chi connectivity index (χ1v) is 7.94. The molecule has 0 aliphatic carbocycles. The van der Waals surface area contributed by atoms with Crippen molar-refractivity contribution < 1.29 is 4.79 Å². The lowest BCUT2D eigenvalue weighted by molar-refractivity contribution is -0.116. The van der Waals surface area contributed by atoms with Gasteiger partial charge in [-0.15, -0.1) is 0 Å². The van der Waals surface area contributed by atoms with Crippen LogP contribution in [0.2, 0.25) is 0 Å². The number of nitrogens with zero attached hydrogens (tertiary/aromatic N) is 1. The highest BCUT2D eigenvalue weighted by atomic mass is 79.9. The molecule has 1 N–H and O–H groups in total. The molecule has 1 aliphatic rings. The van der Waals surface area contributed by atoms with Gasteiger partial charge in [-0.05, 0) is 41.5 Å². The molecule has 0 fully saturated rings. The van der Waals surface area contributed by atoms with E-state index in [0.29, 0.717) is 6.42 Å². The van der Waals surface area contributed by atoms with Crippen LogP contribution in [0.3, 0.4) is 0 Å². The summed E-state index contributed by atoms with van der Waals surface area (Å²) < 4.78 is 1.04. The molecular weight excluding hydrogens is 340 g/mol. The van der Waals surface area contributed by atoms with Gasteiger partial charge in [0.2, 0.25) is 5.91 Å². The van der Waals surface area contributed by atoms with Crippen molar-refractivity contribution in [1.29, 1.82) is 0 Å². The van der Waals surface area contributed by atoms with Crippen LogP contribution in [0.1, 0.15) is 23.5 Å². The van der Waals surface area contributed by atoms with Crippen LogP contribution >= 0.6 is 15.9 Å². The molecule has 0 saturated carbocycles. The molecule has 0 radical (unpaired) electrons. The topological polar surface area (TPSA) is 42.0 Å². The molecular formula is C18H13BrN2O. The van der Waals surface area contributed by atoms with Crippen molar-refractivity contribution in [2.75, 3.05) is 5.32 Å². The second-order valence-electron chi connectivity index (χ2n) is 5.45. The normalized spacial score (nSPS) is 17.1. The van der Waals surface area contributed by atoms with Gasteiger partial charge in [-0.2, -0.15) is 0 Å². The molecule has 1 aliphatic heterocycles. The zero-order chi connectivity index (χ0) is 15.1. The number of carbonyl (C=O) groups is 1. The number of hydrogen-bond donors (Lipinski definition) is 1. The number of halogens is 1. The minimum absolute atomic E-state index is 0.0589. The second-order valence-corrected chi connectivity index (χ2v) is 6.37. The second kappa shape index (κ2) is 5.21. The van der Waals surface area contributed by atoms with E-state index in [9.17, 15) is 4.79 Å². The largest absolute Gasteiger partial charge is 0.326 e. The standard InChI is InChI=1S/C18H13BrN2O/c19-12-5-3-11(4-6-12)14-10-17(22)21-16-8-7-15-13(18(14)16)2-1-9-20-15/h1-9,14H,10H2,(H,21,22)/t14-/m0/s1. The first kappa shape index (κ1) is 13.5. The number of anilines is 1. The van der Waals surface area contributed by atoms with Crippen LogP contribution in [0.25, 0.3) is 10.9 Å². The summed E-state index contributed by atoms with van der Waals surface area (Å²) in [5.41, 5.74) is 4.16. The van der Waals surface area contributed by atoms with Crippen LogP contribution in [-0.4, -0.2) is 10.9 Å². The van der Waals surface area contributed by atoms with Gasteiger partial charge in [-0.25, -0.2) is 0 Å². The van der Waals surface area contributed by atoms with E-state index in [-0.39, 0.29) is 11.8 Å². The monoisotopic (exact) mass is 352 g/mol. The van der Waals surface area contributed by atoms with E-state index in [1.807, 2.05) is 30.3 Å². The number of benzene rings is 2. The molecule has 4 rings (SSSR count). The molecule has 1 atom stereocenters. The van der Waals surface area contributed by atoms with Crippen molar-refractivity contribution in [3.63, 3.8) is 0 Å². The molecule has 0 saturated heterocycles. The number of hydrogen-bond acceptors (Lipinski definition) is 2. The van der Waals surface area contributed by atoms with Crippen molar-refractivity contribution in [1.82, 2.24) is 4.98 Å². The number of amides is 1. The Hall–Kier alpha value is -2.20. The number of carbonyl (C=O) groups excluding carboxylic acids is 1. The van der Waals surface area contributed by atoms with Gasteiger partial charge in [0.25, 0.3) is 0 Å². The van der Waals surface area contributed by atoms with Crippen LogP contribution in [0.15, 0.2) is 59.2 Å². The van der Waals surface area contributed by atoms with Gasteiger partial charge >= 0.3 is 0 Å². The van der Waals surface area contributed by atoms with Crippen LogP contribution < -0.4 is 5.32 Å². The summed E-state index contributed by atoms with van der Waals surface area (Å²) in [7, 11) is 0. The lowest BCUT2D eigenvalue weighted by Crippen LogP contribution is -2.23. The summed E-state index contributed by atoms with van der Waals surface area (Å²) in [6, 6.07) is 16.1. The molecule has 1 amide bonds. The van der Waals surface area contributed by atoms with Gasteiger partial charge in [0.15, 0.2) is 0 Å². The predicted molar refractivity (Wildman–Crippen MR) is 91.0 cm³/mol. The molecule has 0 spiro atoms. The Morgan fingerprint density at radius 3 is 2.73 bits per heavy atom. The van der Waals surface area contributed by atoms with Crippen molar-refractivity contribution in [2.45, 2.75) is 12.3 Å². The Kier molecular flexibility index (Phi) is 3.19. The van der Waals surface area contributed by atoms with Gasteiger partial charge < -0.3 is 5.32 Å². The highest BCUT2D eigenvalue weighted by Crippen LogP contribution is 2.41. The fourth-order valence-corrected chi connectivity index (χ4v) is 3.39. The average Bonchev–Trinajstić information content (AvgIpc) is 2.54. The van der Waals surface area contributed by atoms with Gasteiger partial charge in [-0.3, -0.25) is 9.78 Å². The predicted octanol–water partition coefficient (Wildman–Crippen LogP) is 4.47. The van der Waals surface area contributed by atoms with Crippen LogP contribution in [0.4, 0.5) is 5.69 Å². The summed E-state index contributed by atoms with van der Waals surface area (Å²) in [5.74, 6) is 0.119. The van der Waals surface area contributed by atoms with E-state index in [0.717, 1.165) is 32.2 Å². The third-order valence-corrected chi connectivity index (χ3v) is 4.64. The lowest BCUT2D eigenvalue weighted by atomic mass is 9.83. The number of pyridine rings is 1. The molecule has 0 unspecified atom stereocenters. The summed E-state index contributed by atoms with van der Waals surface area (Å²) in [6.45, 7) is 0. The highest BCUT2D eigenvalue weighted by Gasteiger charge is 2.28. The summed E-state index contributed by atoms with van der Waals surface area (Å²) in [6.07, 6.45) is 2.26. The quantitative estimate of drug-likeness (QED) is 0.701. The van der Waals surface area contributed by atoms with E-state index >= 15 is 0 Å². The maximum atomic E-state index is 12.1. The van der Waals surface area contributed by atoms with E-state index in [1.165, 1.54) is 0 Å². The van der Waals surface area contributed by atoms with E-state index in [2.05, 4.69) is 44.4 Å². The van der Waals surface area contributed by atoms with E-state index in [1.54, 1.807) is 6.20 Å². The Labute approximate surface area is 136 Å². The van der Waals surface area contributed by atoms with Gasteiger partial charge in [-0.1, -0.05) is 34.1 Å². The summed E-state index contributed by atoms with van der Waals surface area (Å²) in [5, 5.41) is 4.09. The molecule has 22 heavy (non-hydrogen) atoms. The first-order chi connectivity index (χ1) is 10.7. The molecule has 0 bridgehead atoms. The number of nitrogens with one attached hydrogen (secondary N) is 1. The number of rotatable bonds is 1. The molecule has 3 nitrogen and oxygen atoms in total. The SMILES string of the molecule is O=C1C[C@@H](c2ccc(Br)cc2)c2c(ccc3ncccc23)N1. The smallest absolute Gasteiger partial charge is 0.225 e. The molecule has 3 aromatic rings. The van der Waals surface area contributed by atoms with Crippen molar-refractivity contribution in [3.05, 3.63) is 70.3 Å².